The third-order valence-electron chi connectivity index (χ3n) is 2.72. The van der Waals surface area contributed by atoms with Gasteiger partial charge < -0.3 is 4.79 Å². The number of hydrogen-bond acceptors (Lipinski definition) is 1. The fraction of sp³-hybridized carbons (Fsp3) is 0.588. The molecule has 0 aromatic rings. The maximum Gasteiger partial charge on any atom is 0.119 e. The Balaban J connectivity index is 3.22. The Morgan fingerprint density at radius 2 is 1.22 bits per heavy atom. The summed E-state index contributed by atoms with van der Waals surface area (Å²) in [7, 11) is 0. The fourth-order valence-corrected chi connectivity index (χ4v) is 1.67. The summed E-state index contributed by atoms with van der Waals surface area (Å²) in [6.45, 7) is 2.15. The number of hydrogen-bond donors (Lipinski definition) is 0. The van der Waals surface area contributed by atoms with Crippen molar-refractivity contribution >= 4 is 6.29 Å². The molecule has 0 atom stereocenters. The summed E-state index contributed by atoms with van der Waals surface area (Å²) in [4.78, 5) is 10.1. The lowest BCUT2D eigenvalue weighted by molar-refractivity contribution is -0.107. The zero-order valence-electron chi connectivity index (χ0n) is 11.8. The number of unbranched alkanes of at least 4 members (excludes halogenated alkanes) is 5. The molecule has 0 saturated heterocycles. The summed E-state index contributed by atoms with van der Waals surface area (Å²) in [5.74, 6) is 0. The van der Waals surface area contributed by atoms with Gasteiger partial charge in [-0.1, -0.05) is 56.2 Å². The summed E-state index contributed by atoms with van der Waals surface area (Å²) >= 11 is 0. The molecule has 0 unspecified atom stereocenters. The van der Waals surface area contributed by atoms with E-state index in [1.165, 1.54) is 25.7 Å². The van der Waals surface area contributed by atoms with Crippen molar-refractivity contribution in [3.05, 3.63) is 36.5 Å². The minimum Gasteiger partial charge on any atom is -0.303 e. The van der Waals surface area contributed by atoms with E-state index in [0.29, 0.717) is 0 Å². The molecule has 0 N–H and O–H groups in total. The zero-order valence-corrected chi connectivity index (χ0v) is 11.8. The SMILES string of the molecule is CC/C=C\C/C=C\C/C=C\CCCCCCC=O. The number of allylic oxidation sites excluding steroid dienone is 6. The summed E-state index contributed by atoms with van der Waals surface area (Å²) < 4.78 is 0. The van der Waals surface area contributed by atoms with Gasteiger partial charge in [-0.05, 0) is 38.5 Å². The third kappa shape index (κ3) is 14.9. The van der Waals surface area contributed by atoms with E-state index in [4.69, 9.17) is 0 Å². The first-order valence-corrected chi connectivity index (χ1v) is 7.30. The quantitative estimate of drug-likeness (QED) is 0.257. The molecule has 0 amide bonds. The average Bonchev–Trinajstić information content (AvgIpc) is 2.39. The van der Waals surface area contributed by atoms with Gasteiger partial charge >= 0.3 is 0 Å². The number of aldehydes is 1. The molecule has 0 aliphatic rings. The first-order chi connectivity index (χ1) is 8.91. The van der Waals surface area contributed by atoms with Crippen molar-refractivity contribution in [3.63, 3.8) is 0 Å². The molecule has 0 fully saturated rings. The van der Waals surface area contributed by atoms with Gasteiger partial charge in [-0.3, -0.25) is 0 Å². The first kappa shape index (κ1) is 16.9. The monoisotopic (exact) mass is 248 g/mol. The van der Waals surface area contributed by atoms with Gasteiger partial charge in [0, 0.05) is 6.42 Å². The summed E-state index contributed by atoms with van der Waals surface area (Å²) in [5, 5.41) is 0. The summed E-state index contributed by atoms with van der Waals surface area (Å²) in [6.07, 6.45) is 24.2. The highest BCUT2D eigenvalue weighted by molar-refractivity contribution is 5.48. The predicted octanol–water partition coefficient (Wildman–Crippen LogP) is 5.38. The van der Waals surface area contributed by atoms with Crippen molar-refractivity contribution in [2.75, 3.05) is 0 Å². The Hall–Kier alpha value is -1.11. The Bertz CT molecular complexity index is 248. The lowest BCUT2D eigenvalue weighted by Crippen LogP contribution is -1.79. The maximum atomic E-state index is 10.1. The van der Waals surface area contributed by atoms with Crippen LogP contribution in [0, 0.1) is 0 Å². The summed E-state index contributed by atoms with van der Waals surface area (Å²) in [5.41, 5.74) is 0. The second kappa shape index (κ2) is 15.9. The molecule has 18 heavy (non-hydrogen) atoms. The molecule has 0 aliphatic heterocycles. The molecule has 0 spiro atoms. The van der Waals surface area contributed by atoms with E-state index < -0.39 is 0 Å². The zero-order chi connectivity index (χ0) is 13.3. The van der Waals surface area contributed by atoms with Crippen LogP contribution in [-0.2, 0) is 4.79 Å². The predicted molar refractivity (Wildman–Crippen MR) is 80.7 cm³/mol. The van der Waals surface area contributed by atoms with Crippen molar-refractivity contribution in [2.24, 2.45) is 0 Å². The van der Waals surface area contributed by atoms with Crippen LogP contribution in [0.5, 0.6) is 0 Å². The molecule has 102 valence electrons. The highest BCUT2D eigenvalue weighted by Crippen LogP contribution is 2.05. The van der Waals surface area contributed by atoms with E-state index >= 15 is 0 Å². The van der Waals surface area contributed by atoms with Crippen LogP contribution in [-0.4, -0.2) is 6.29 Å². The van der Waals surface area contributed by atoms with Crippen molar-refractivity contribution in [1.82, 2.24) is 0 Å². The minimum atomic E-state index is 0.729. The van der Waals surface area contributed by atoms with Crippen LogP contribution >= 0.6 is 0 Å². The maximum absolute atomic E-state index is 10.1. The van der Waals surface area contributed by atoms with E-state index in [-0.39, 0.29) is 0 Å². The highest BCUT2D eigenvalue weighted by Gasteiger charge is 1.87. The van der Waals surface area contributed by atoms with Crippen molar-refractivity contribution < 1.29 is 4.79 Å². The lowest BCUT2D eigenvalue weighted by Gasteiger charge is -1.95. The van der Waals surface area contributed by atoms with Gasteiger partial charge in [-0.2, -0.15) is 0 Å². The van der Waals surface area contributed by atoms with Gasteiger partial charge in [0.25, 0.3) is 0 Å². The van der Waals surface area contributed by atoms with Crippen molar-refractivity contribution in [3.8, 4) is 0 Å². The largest absolute Gasteiger partial charge is 0.303 e. The van der Waals surface area contributed by atoms with E-state index in [1.54, 1.807) is 0 Å². The van der Waals surface area contributed by atoms with E-state index in [9.17, 15) is 4.79 Å². The second-order valence-electron chi connectivity index (χ2n) is 4.45. The molecule has 0 aromatic carbocycles. The Kier molecular flexibility index (Phi) is 14.9. The minimum absolute atomic E-state index is 0.729. The van der Waals surface area contributed by atoms with Gasteiger partial charge in [0.1, 0.15) is 6.29 Å². The average molecular weight is 248 g/mol. The first-order valence-electron chi connectivity index (χ1n) is 7.30. The van der Waals surface area contributed by atoms with E-state index in [2.05, 4.69) is 43.4 Å². The third-order valence-corrected chi connectivity index (χ3v) is 2.72. The van der Waals surface area contributed by atoms with Crippen LogP contribution in [0.15, 0.2) is 36.5 Å². The van der Waals surface area contributed by atoms with Crippen LogP contribution in [0.3, 0.4) is 0 Å². The van der Waals surface area contributed by atoms with Gasteiger partial charge in [-0.15, -0.1) is 0 Å². The molecular weight excluding hydrogens is 220 g/mol. The fourth-order valence-electron chi connectivity index (χ4n) is 1.67. The lowest BCUT2D eigenvalue weighted by atomic mass is 10.1. The second-order valence-corrected chi connectivity index (χ2v) is 4.45. The molecule has 0 aliphatic carbocycles. The highest BCUT2D eigenvalue weighted by atomic mass is 16.1. The molecule has 0 rings (SSSR count). The van der Waals surface area contributed by atoms with Crippen molar-refractivity contribution in [2.45, 2.75) is 64.7 Å². The van der Waals surface area contributed by atoms with Crippen LogP contribution < -0.4 is 0 Å². The Morgan fingerprint density at radius 1 is 0.667 bits per heavy atom. The van der Waals surface area contributed by atoms with Gasteiger partial charge in [-0.25, -0.2) is 0 Å². The van der Waals surface area contributed by atoms with E-state index in [1.807, 2.05) is 0 Å². The molecule has 0 radical (unpaired) electrons. The molecule has 1 heteroatoms. The molecule has 1 nitrogen and oxygen atoms in total. The van der Waals surface area contributed by atoms with Crippen LogP contribution in [0.25, 0.3) is 0 Å². The molecule has 0 aromatic heterocycles. The smallest absolute Gasteiger partial charge is 0.119 e. The van der Waals surface area contributed by atoms with E-state index in [0.717, 1.165) is 38.4 Å². The molecule has 0 bridgehead atoms. The van der Waals surface area contributed by atoms with Crippen LogP contribution in [0.4, 0.5) is 0 Å². The van der Waals surface area contributed by atoms with Crippen LogP contribution in [0.1, 0.15) is 64.7 Å². The van der Waals surface area contributed by atoms with Crippen molar-refractivity contribution in [1.29, 1.82) is 0 Å². The number of carbonyl (C=O) groups excluding carboxylic acids is 1. The van der Waals surface area contributed by atoms with Crippen LogP contribution in [0.2, 0.25) is 0 Å². The number of rotatable bonds is 12. The molecule has 0 saturated carbocycles. The molecule has 0 heterocycles. The summed E-state index contributed by atoms with van der Waals surface area (Å²) in [6, 6.07) is 0. The van der Waals surface area contributed by atoms with Gasteiger partial charge in [0.05, 0.1) is 0 Å². The molecular formula is C17H28O. The standard InChI is InChI=1S/C17H28O/c1-2-3-4-5-6-7-8-9-10-11-12-13-14-15-16-17-18/h3-4,6-7,9-10,17H,2,5,8,11-16H2,1H3/b4-3-,7-6-,10-9-. The Labute approximate surface area is 113 Å². The topological polar surface area (TPSA) is 17.1 Å². The van der Waals surface area contributed by atoms with Gasteiger partial charge in [0.15, 0.2) is 0 Å². The Morgan fingerprint density at radius 3 is 1.83 bits per heavy atom. The number of carbonyl (C=O) groups is 1. The van der Waals surface area contributed by atoms with Gasteiger partial charge in [0.2, 0.25) is 0 Å². The normalized spacial score (nSPS) is 12.1.